The van der Waals surface area contributed by atoms with E-state index in [9.17, 15) is 37.5 Å². The number of carbonyl (C=O) groups is 5. The van der Waals surface area contributed by atoms with E-state index in [1.165, 1.54) is 18.7 Å². The molecule has 0 aromatic heterocycles. The summed E-state index contributed by atoms with van der Waals surface area (Å²) < 4.78 is 25.4. The van der Waals surface area contributed by atoms with E-state index in [-0.39, 0.29) is 29.0 Å². The molecular weight excluding hydrogens is 675 g/mol. The smallest absolute Gasteiger partial charge is 0.315 e. The maximum Gasteiger partial charge on any atom is 0.315 e. The zero-order valence-corrected chi connectivity index (χ0v) is 32.4. The molecule has 5 fully saturated rings. The number of ketones is 1. The summed E-state index contributed by atoms with van der Waals surface area (Å²) in [6.45, 7) is 12.3. The minimum Gasteiger partial charge on any atom is -0.395 e. The number of Topliss-reactive ketones (excluding diaryl/α,β-unsaturated/α-hetero) is 1. The quantitative estimate of drug-likeness (QED) is 0.159. The van der Waals surface area contributed by atoms with E-state index in [1.807, 2.05) is 20.8 Å². The monoisotopic (exact) mass is 735 g/mol. The van der Waals surface area contributed by atoms with Gasteiger partial charge in [-0.25, -0.2) is 13.2 Å². The Bertz CT molecular complexity index is 1490. The summed E-state index contributed by atoms with van der Waals surface area (Å²) in [5, 5.41) is 21.3. The number of carbonyl (C=O) groups excluding carboxylic acids is 5. The maximum atomic E-state index is 14.5. The summed E-state index contributed by atoms with van der Waals surface area (Å²) in [6.07, 6.45) is 8.14. The number of nitrogens with zero attached hydrogens (tertiary/aromatic N) is 1. The van der Waals surface area contributed by atoms with Gasteiger partial charge < -0.3 is 31.3 Å². The summed E-state index contributed by atoms with van der Waals surface area (Å²) in [6, 6.07) is -3.60. The molecule has 5 amide bonds. The third-order valence-corrected chi connectivity index (χ3v) is 15.1. The van der Waals surface area contributed by atoms with Crippen molar-refractivity contribution in [2.45, 2.75) is 154 Å². The minimum atomic E-state index is -3.82. The SMILES string of the molecule is CC(C)(C)[C@H](NC(=O)NC1(CS(=O)(=O)C(C)(C)CO)CCCCC1)C(=O)N1C[C@H]2[C@@H]([C@H]1C(=O)N[C@@H](CCC1CC1)C(=O)C(=O)NC1CC1)C2(C)C. The Hall–Kier alpha value is -2.74. The molecule has 1 saturated heterocycles. The van der Waals surface area contributed by atoms with Crippen LogP contribution in [0, 0.1) is 28.6 Å². The van der Waals surface area contributed by atoms with Crippen molar-refractivity contribution in [3.8, 4) is 0 Å². The van der Waals surface area contributed by atoms with Gasteiger partial charge in [0.05, 0.1) is 28.7 Å². The van der Waals surface area contributed by atoms with Crippen LogP contribution in [0.3, 0.4) is 0 Å². The lowest BCUT2D eigenvalue weighted by molar-refractivity contribution is -0.145. The fourth-order valence-electron chi connectivity index (χ4n) is 8.20. The third-order valence-electron chi connectivity index (χ3n) is 12.4. The van der Waals surface area contributed by atoms with Crippen LogP contribution in [0.4, 0.5) is 4.79 Å². The highest BCUT2D eigenvalue weighted by atomic mass is 32.2. The van der Waals surface area contributed by atoms with Crippen LogP contribution in [0.15, 0.2) is 0 Å². The van der Waals surface area contributed by atoms with Crippen LogP contribution in [0.2, 0.25) is 0 Å². The zero-order chi connectivity index (χ0) is 37.7. The van der Waals surface area contributed by atoms with Crippen LogP contribution >= 0.6 is 0 Å². The first kappa shape index (κ1) is 39.5. The summed E-state index contributed by atoms with van der Waals surface area (Å²) in [5.41, 5.74) is -2.06. The number of hydrogen-bond acceptors (Lipinski definition) is 8. The molecule has 1 aliphatic heterocycles. The molecule has 14 heteroatoms. The molecule has 0 aromatic carbocycles. The van der Waals surface area contributed by atoms with E-state index in [4.69, 9.17) is 0 Å². The van der Waals surface area contributed by atoms with Gasteiger partial charge in [0.15, 0.2) is 9.84 Å². The normalized spacial score (nSPS) is 26.7. The van der Waals surface area contributed by atoms with Gasteiger partial charge in [0, 0.05) is 12.6 Å². The van der Waals surface area contributed by atoms with Gasteiger partial charge in [0.1, 0.15) is 12.1 Å². The van der Waals surface area contributed by atoms with Crippen molar-refractivity contribution in [2.24, 2.45) is 28.6 Å². The number of amides is 5. The number of hydrogen-bond donors (Lipinski definition) is 5. The van der Waals surface area contributed by atoms with Crippen LogP contribution in [-0.4, -0.2) is 101 Å². The van der Waals surface area contributed by atoms with E-state index < -0.39 is 79.8 Å². The van der Waals surface area contributed by atoms with Gasteiger partial charge in [-0.3, -0.25) is 19.2 Å². The second kappa shape index (κ2) is 14.2. The van der Waals surface area contributed by atoms with E-state index in [0.717, 1.165) is 51.4 Å². The van der Waals surface area contributed by atoms with Gasteiger partial charge >= 0.3 is 6.03 Å². The van der Waals surface area contributed by atoms with E-state index in [2.05, 4.69) is 35.1 Å². The largest absolute Gasteiger partial charge is 0.395 e. The van der Waals surface area contributed by atoms with Crippen LogP contribution in [0.5, 0.6) is 0 Å². The Balaban J connectivity index is 1.33. The first-order valence-corrected chi connectivity index (χ1v) is 20.6. The number of nitrogens with one attached hydrogen (secondary N) is 4. The first-order chi connectivity index (χ1) is 23.6. The summed E-state index contributed by atoms with van der Waals surface area (Å²) >= 11 is 0. The molecule has 1 heterocycles. The number of fused-ring (bicyclic) bond motifs is 1. The van der Waals surface area contributed by atoms with Gasteiger partial charge in [-0.1, -0.05) is 66.7 Å². The van der Waals surface area contributed by atoms with Crippen molar-refractivity contribution >= 4 is 39.4 Å². The molecule has 0 aromatic rings. The van der Waals surface area contributed by atoms with E-state index in [1.54, 1.807) is 0 Å². The molecule has 4 saturated carbocycles. The Morgan fingerprint density at radius 2 is 1.55 bits per heavy atom. The van der Waals surface area contributed by atoms with Crippen molar-refractivity contribution in [3.63, 3.8) is 0 Å². The standard InChI is InChI=1S/C37H61N5O8S/c1-34(2,3)29(40-33(48)41-37(17-9-8-10-18-37)21-51(49,50)35(4,5)20-43)32(47)42-19-24-26(36(24,6)7)27(42)30(45)39-25(16-13-22-11-12-22)28(44)31(46)38-23-14-15-23/h22-27,29,43H,8-21H2,1-7H3,(H,38,46)(H,39,45)(H2,40,41,48)/t24-,25-,26-,27-,29+/m0/s1. The second-order valence-corrected chi connectivity index (χ2v) is 21.1. The van der Waals surface area contributed by atoms with Crippen LogP contribution < -0.4 is 21.3 Å². The molecule has 0 radical (unpaired) electrons. The fourth-order valence-corrected chi connectivity index (χ4v) is 9.88. The van der Waals surface area contributed by atoms with E-state index in [0.29, 0.717) is 31.7 Å². The first-order valence-electron chi connectivity index (χ1n) is 19.0. The summed E-state index contributed by atoms with van der Waals surface area (Å²) in [7, 11) is -3.82. The predicted octanol–water partition coefficient (Wildman–Crippen LogP) is 2.59. The van der Waals surface area contributed by atoms with Crippen LogP contribution in [0.1, 0.15) is 119 Å². The molecule has 13 nitrogen and oxygen atoms in total. The minimum absolute atomic E-state index is 0.000937. The molecule has 5 N–H and O–H groups in total. The third kappa shape index (κ3) is 8.74. The van der Waals surface area contributed by atoms with Crippen molar-refractivity contribution in [3.05, 3.63) is 0 Å². The molecule has 288 valence electrons. The van der Waals surface area contributed by atoms with E-state index >= 15 is 0 Å². The molecule has 51 heavy (non-hydrogen) atoms. The Labute approximate surface area is 303 Å². The molecule has 4 aliphatic carbocycles. The van der Waals surface area contributed by atoms with Crippen LogP contribution in [-0.2, 0) is 29.0 Å². The van der Waals surface area contributed by atoms with Gasteiger partial charge in [-0.05, 0) is 81.0 Å². The molecule has 5 aliphatic rings. The number of urea groups is 1. The fraction of sp³-hybridized carbons (Fsp3) is 0.865. The second-order valence-electron chi connectivity index (χ2n) is 18.5. The highest BCUT2D eigenvalue weighted by Gasteiger charge is 2.70. The highest BCUT2D eigenvalue weighted by Crippen LogP contribution is 2.65. The molecule has 5 atom stereocenters. The number of aliphatic hydroxyl groups excluding tert-OH is 1. The number of sulfone groups is 1. The highest BCUT2D eigenvalue weighted by molar-refractivity contribution is 7.92. The zero-order valence-electron chi connectivity index (χ0n) is 31.6. The lowest BCUT2D eigenvalue weighted by Crippen LogP contribution is -2.64. The lowest BCUT2D eigenvalue weighted by atomic mass is 9.83. The van der Waals surface area contributed by atoms with Crippen molar-refractivity contribution in [1.29, 1.82) is 0 Å². The average Bonchev–Trinajstić information content (AvgIpc) is 4.00. The maximum absolute atomic E-state index is 14.5. The number of piperidine rings is 1. The van der Waals surface area contributed by atoms with Gasteiger partial charge in [0.2, 0.25) is 17.6 Å². The van der Waals surface area contributed by atoms with Gasteiger partial charge in [0.25, 0.3) is 5.91 Å². The number of rotatable bonds is 15. The Kier molecular flexibility index (Phi) is 11.0. The molecular formula is C37H61N5O8S. The van der Waals surface area contributed by atoms with Gasteiger partial charge in [-0.15, -0.1) is 0 Å². The van der Waals surface area contributed by atoms with Crippen molar-refractivity contribution in [2.75, 3.05) is 18.9 Å². The molecule has 0 spiro atoms. The number of likely N-dealkylation sites (tertiary alicyclic amines) is 1. The lowest BCUT2D eigenvalue weighted by Gasteiger charge is -2.41. The van der Waals surface area contributed by atoms with Crippen molar-refractivity contribution < 1.29 is 37.5 Å². The predicted molar refractivity (Wildman–Crippen MR) is 192 cm³/mol. The topological polar surface area (TPSA) is 191 Å². The Morgan fingerprint density at radius 1 is 0.922 bits per heavy atom. The molecule has 0 unspecified atom stereocenters. The molecule has 5 rings (SSSR count). The van der Waals surface area contributed by atoms with Crippen LogP contribution in [0.25, 0.3) is 0 Å². The summed E-state index contributed by atoms with van der Waals surface area (Å²) in [5.74, 6) is -2.19. The molecule has 0 bridgehead atoms. The average molecular weight is 736 g/mol. The summed E-state index contributed by atoms with van der Waals surface area (Å²) in [4.78, 5) is 70.1. The Morgan fingerprint density at radius 3 is 2.10 bits per heavy atom. The van der Waals surface area contributed by atoms with Crippen molar-refractivity contribution in [1.82, 2.24) is 26.2 Å². The number of aliphatic hydroxyl groups is 1. The van der Waals surface area contributed by atoms with Gasteiger partial charge in [-0.2, -0.15) is 0 Å².